The van der Waals surface area contributed by atoms with E-state index in [9.17, 15) is 19.2 Å². The summed E-state index contributed by atoms with van der Waals surface area (Å²) in [6, 6.07) is 4.12. The number of benzene rings is 1. The molecule has 37 heavy (non-hydrogen) atoms. The van der Waals surface area contributed by atoms with Gasteiger partial charge in [0.15, 0.2) is 11.5 Å². The van der Waals surface area contributed by atoms with Crippen LogP contribution in [0.1, 0.15) is 79.2 Å². The van der Waals surface area contributed by atoms with Gasteiger partial charge in [-0.15, -0.1) is 0 Å². The lowest BCUT2D eigenvalue weighted by Crippen LogP contribution is -2.43. The highest BCUT2D eigenvalue weighted by Gasteiger charge is 2.23. The number of carbonyl (C=O) groups excluding carboxylic acids is 4. The Bertz CT molecular complexity index is 900. The molecule has 1 N–H and O–H groups in total. The van der Waals surface area contributed by atoms with Crippen molar-refractivity contribution in [3.8, 4) is 11.5 Å². The highest BCUT2D eigenvalue weighted by molar-refractivity contribution is 5.77. The third-order valence-corrected chi connectivity index (χ3v) is 6.08. The number of rotatable bonds is 16. The second kappa shape index (κ2) is 16.7. The van der Waals surface area contributed by atoms with Gasteiger partial charge in [-0.1, -0.05) is 53.5 Å². The first-order valence-corrected chi connectivity index (χ1v) is 13.1. The fourth-order valence-corrected chi connectivity index (χ4v) is 3.30. The Morgan fingerprint density at radius 1 is 0.838 bits per heavy atom. The molecule has 0 radical (unpaired) electrons. The molecule has 0 aliphatic carbocycles. The maximum atomic E-state index is 12.5. The first-order chi connectivity index (χ1) is 17.5. The van der Waals surface area contributed by atoms with E-state index in [1.807, 2.05) is 27.7 Å². The van der Waals surface area contributed by atoms with Crippen molar-refractivity contribution in [1.82, 2.24) is 5.32 Å². The highest BCUT2D eigenvalue weighted by atomic mass is 16.6. The van der Waals surface area contributed by atoms with Crippen LogP contribution in [0.5, 0.6) is 11.5 Å². The highest BCUT2D eigenvalue weighted by Crippen LogP contribution is 2.31. The number of hydrogen-bond donors (Lipinski definition) is 1. The number of nitrogens with one attached hydrogen (secondary N) is 1. The zero-order chi connectivity index (χ0) is 28.0. The van der Waals surface area contributed by atoms with Gasteiger partial charge in [-0.25, -0.2) is 0 Å². The third kappa shape index (κ3) is 12.2. The third-order valence-electron chi connectivity index (χ3n) is 6.08. The minimum atomic E-state index is -0.741. The van der Waals surface area contributed by atoms with Crippen molar-refractivity contribution in [2.75, 3.05) is 13.7 Å². The molecular formula is C28H43NO8. The van der Waals surface area contributed by atoms with Crippen LogP contribution in [0.15, 0.2) is 18.2 Å². The summed E-state index contributed by atoms with van der Waals surface area (Å²) < 4.78 is 21.3. The van der Waals surface area contributed by atoms with E-state index in [4.69, 9.17) is 18.9 Å². The van der Waals surface area contributed by atoms with Gasteiger partial charge >= 0.3 is 23.9 Å². The molecule has 0 aromatic heterocycles. The Hall–Kier alpha value is -2.94. The molecule has 1 rings (SSSR count). The predicted octanol–water partition coefficient (Wildman–Crippen LogP) is 4.39. The Kier molecular flexibility index (Phi) is 14.5. The second-order valence-electron chi connectivity index (χ2n) is 9.51. The number of esters is 4. The van der Waals surface area contributed by atoms with Gasteiger partial charge in [0.25, 0.3) is 0 Å². The van der Waals surface area contributed by atoms with Crippen LogP contribution in [-0.4, -0.2) is 49.7 Å². The SMILES string of the molecule is CCC(=O)OC(C)CN[C@@H](Cc1ccc(OC(=O)CC(C)CC)c(OC(=O)CC(C)CC)c1)C(=O)OC. The Morgan fingerprint density at radius 3 is 1.92 bits per heavy atom. The van der Waals surface area contributed by atoms with Crippen molar-refractivity contribution in [2.24, 2.45) is 11.8 Å². The minimum Gasteiger partial charge on any atom is -0.468 e. The quantitative estimate of drug-likeness (QED) is 0.250. The predicted molar refractivity (Wildman–Crippen MR) is 139 cm³/mol. The van der Waals surface area contributed by atoms with Crippen molar-refractivity contribution in [1.29, 1.82) is 0 Å². The maximum Gasteiger partial charge on any atom is 0.323 e. The summed E-state index contributed by atoms with van der Waals surface area (Å²) in [5.74, 6) is -1.09. The van der Waals surface area contributed by atoms with Gasteiger partial charge in [-0.2, -0.15) is 0 Å². The van der Waals surface area contributed by atoms with Crippen LogP contribution in [0.25, 0.3) is 0 Å². The molecule has 0 saturated heterocycles. The molecule has 0 heterocycles. The molecule has 0 spiro atoms. The van der Waals surface area contributed by atoms with Crippen LogP contribution in [-0.2, 0) is 35.1 Å². The summed E-state index contributed by atoms with van der Waals surface area (Å²) in [6.07, 6.45) is 2.15. The van der Waals surface area contributed by atoms with Gasteiger partial charge in [0.05, 0.1) is 7.11 Å². The molecule has 0 saturated carbocycles. The lowest BCUT2D eigenvalue weighted by atomic mass is 10.0. The number of hydrogen-bond acceptors (Lipinski definition) is 9. The van der Waals surface area contributed by atoms with Crippen LogP contribution in [0.4, 0.5) is 0 Å². The Morgan fingerprint density at radius 2 is 1.41 bits per heavy atom. The summed E-state index contributed by atoms with van der Waals surface area (Å²) in [6.45, 7) is 11.6. The van der Waals surface area contributed by atoms with Gasteiger partial charge in [0, 0.05) is 25.8 Å². The molecule has 0 aliphatic rings. The molecule has 9 nitrogen and oxygen atoms in total. The summed E-state index contributed by atoms with van der Waals surface area (Å²) in [5.41, 5.74) is 0.661. The molecule has 9 heteroatoms. The van der Waals surface area contributed by atoms with Gasteiger partial charge < -0.3 is 24.3 Å². The van der Waals surface area contributed by atoms with E-state index in [1.54, 1.807) is 32.0 Å². The van der Waals surface area contributed by atoms with Crippen LogP contribution >= 0.6 is 0 Å². The van der Waals surface area contributed by atoms with E-state index in [-0.39, 0.29) is 61.5 Å². The van der Waals surface area contributed by atoms with Gasteiger partial charge in [0.1, 0.15) is 12.1 Å². The standard InChI is InChI=1S/C28H43NO8/c1-8-18(4)13-26(31)36-23-12-11-21(16-24(23)37-27(32)14-19(5)9-2)15-22(28(33)34-7)29-17-20(6)35-25(30)10-3/h11-12,16,18-20,22,29H,8-10,13-15,17H2,1-7H3/t18?,19?,20?,22-/m0/s1. The lowest BCUT2D eigenvalue weighted by Gasteiger charge is -2.20. The van der Waals surface area contributed by atoms with Crippen LogP contribution in [0, 0.1) is 11.8 Å². The average Bonchev–Trinajstić information content (AvgIpc) is 2.86. The first kappa shape index (κ1) is 32.1. The maximum absolute atomic E-state index is 12.5. The molecule has 1 aromatic rings. The summed E-state index contributed by atoms with van der Waals surface area (Å²) >= 11 is 0. The second-order valence-corrected chi connectivity index (χ2v) is 9.51. The summed E-state index contributed by atoms with van der Waals surface area (Å²) in [5, 5.41) is 3.07. The average molecular weight is 522 g/mol. The van der Waals surface area contributed by atoms with Gasteiger partial charge in [-0.3, -0.25) is 19.2 Å². The van der Waals surface area contributed by atoms with Crippen LogP contribution in [0.2, 0.25) is 0 Å². The van der Waals surface area contributed by atoms with E-state index >= 15 is 0 Å². The van der Waals surface area contributed by atoms with Crippen molar-refractivity contribution in [2.45, 2.75) is 92.2 Å². The van der Waals surface area contributed by atoms with E-state index in [0.717, 1.165) is 12.8 Å². The van der Waals surface area contributed by atoms with E-state index in [2.05, 4.69) is 5.32 Å². The van der Waals surface area contributed by atoms with Crippen molar-refractivity contribution < 1.29 is 38.1 Å². The van der Waals surface area contributed by atoms with Crippen molar-refractivity contribution in [3.05, 3.63) is 23.8 Å². The fraction of sp³-hybridized carbons (Fsp3) is 0.643. The molecule has 0 bridgehead atoms. The zero-order valence-electron chi connectivity index (χ0n) is 23.3. The Balaban J connectivity index is 3.11. The molecule has 0 fully saturated rings. The normalized spacial score (nSPS) is 14.1. The minimum absolute atomic E-state index is 0.122. The molecule has 208 valence electrons. The largest absolute Gasteiger partial charge is 0.468 e. The summed E-state index contributed by atoms with van der Waals surface area (Å²) in [4.78, 5) is 48.9. The number of carbonyl (C=O) groups is 4. The molecule has 0 amide bonds. The lowest BCUT2D eigenvalue weighted by molar-refractivity contribution is -0.148. The molecular weight excluding hydrogens is 478 g/mol. The first-order valence-electron chi connectivity index (χ1n) is 13.1. The van der Waals surface area contributed by atoms with E-state index in [0.29, 0.717) is 5.56 Å². The molecule has 4 atom stereocenters. The smallest absolute Gasteiger partial charge is 0.323 e. The number of ether oxygens (including phenoxy) is 4. The van der Waals surface area contributed by atoms with Gasteiger partial charge in [0.2, 0.25) is 0 Å². The van der Waals surface area contributed by atoms with E-state index in [1.165, 1.54) is 7.11 Å². The van der Waals surface area contributed by atoms with E-state index < -0.39 is 30.1 Å². The molecule has 3 unspecified atom stereocenters. The molecule has 1 aromatic carbocycles. The monoisotopic (exact) mass is 521 g/mol. The topological polar surface area (TPSA) is 117 Å². The van der Waals surface area contributed by atoms with Gasteiger partial charge in [-0.05, 0) is 42.9 Å². The Labute approximate surface area is 220 Å². The van der Waals surface area contributed by atoms with Crippen molar-refractivity contribution >= 4 is 23.9 Å². The van der Waals surface area contributed by atoms with Crippen LogP contribution in [0.3, 0.4) is 0 Å². The van der Waals surface area contributed by atoms with Crippen LogP contribution < -0.4 is 14.8 Å². The number of methoxy groups -OCH3 is 1. The molecule has 0 aliphatic heterocycles. The zero-order valence-corrected chi connectivity index (χ0v) is 23.3. The fourth-order valence-electron chi connectivity index (χ4n) is 3.30. The van der Waals surface area contributed by atoms with Crippen molar-refractivity contribution in [3.63, 3.8) is 0 Å². The summed E-state index contributed by atoms with van der Waals surface area (Å²) in [7, 11) is 1.29.